The van der Waals surface area contributed by atoms with Crippen LogP contribution in [0.25, 0.3) is 0 Å². The van der Waals surface area contributed by atoms with Crippen LogP contribution < -0.4 is 4.74 Å². The van der Waals surface area contributed by atoms with Crippen LogP contribution in [0.3, 0.4) is 0 Å². The van der Waals surface area contributed by atoms with Crippen molar-refractivity contribution in [2.24, 2.45) is 0 Å². The third-order valence-electron chi connectivity index (χ3n) is 3.40. The first-order valence-electron chi connectivity index (χ1n) is 7.09. The van der Waals surface area contributed by atoms with Gasteiger partial charge in [0.2, 0.25) is 5.78 Å². The van der Waals surface area contributed by atoms with Gasteiger partial charge in [0.05, 0.1) is 5.56 Å². The molecule has 0 atom stereocenters. The summed E-state index contributed by atoms with van der Waals surface area (Å²) in [6, 6.07) is 5.91. The molecule has 3 rings (SSSR count). The number of allylic oxidation sites excluding steroid dienone is 2. The SMILES string of the molecule is CC(F)(F)Oc1ccc(CC2=CC(=O)c3ncncc3C2=O)cc1. The van der Waals surface area contributed by atoms with Crippen molar-refractivity contribution >= 4 is 11.6 Å². The molecular formula is C17H12F2N2O3. The monoisotopic (exact) mass is 330 g/mol. The lowest BCUT2D eigenvalue weighted by Crippen LogP contribution is -2.20. The van der Waals surface area contributed by atoms with Gasteiger partial charge in [0.25, 0.3) is 0 Å². The van der Waals surface area contributed by atoms with Gasteiger partial charge in [0.1, 0.15) is 17.8 Å². The molecule has 0 bridgehead atoms. The molecule has 1 aromatic carbocycles. The highest BCUT2D eigenvalue weighted by Gasteiger charge is 2.27. The van der Waals surface area contributed by atoms with Crippen molar-refractivity contribution in [3.05, 3.63) is 65.3 Å². The zero-order chi connectivity index (χ0) is 17.3. The van der Waals surface area contributed by atoms with E-state index in [4.69, 9.17) is 0 Å². The predicted molar refractivity (Wildman–Crippen MR) is 80.2 cm³/mol. The van der Waals surface area contributed by atoms with Crippen molar-refractivity contribution < 1.29 is 23.1 Å². The molecule has 0 unspecified atom stereocenters. The number of ketones is 2. The second-order valence-electron chi connectivity index (χ2n) is 5.38. The van der Waals surface area contributed by atoms with Crippen molar-refractivity contribution in [2.75, 3.05) is 0 Å². The zero-order valence-corrected chi connectivity index (χ0v) is 12.6. The Balaban J connectivity index is 1.80. The summed E-state index contributed by atoms with van der Waals surface area (Å²) in [6.45, 7) is 0.650. The van der Waals surface area contributed by atoms with E-state index in [1.807, 2.05) is 0 Å². The lowest BCUT2D eigenvalue weighted by atomic mass is 9.90. The summed E-state index contributed by atoms with van der Waals surface area (Å²) >= 11 is 0. The molecule has 0 saturated carbocycles. The minimum absolute atomic E-state index is 0.0185. The molecule has 1 aliphatic carbocycles. The van der Waals surface area contributed by atoms with E-state index >= 15 is 0 Å². The van der Waals surface area contributed by atoms with Crippen LogP contribution in [0, 0.1) is 0 Å². The smallest absolute Gasteiger partial charge is 0.394 e. The van der Waals surface area contributed by atoms with E-state index in [1.54, 1.807) is 12.1 Å². The quantitative estimate of drug-likeness (QED) is 0.862. The van der Waals surface area contributed by atoms with Crippen molar-refractivity contribution in [3.8, 4) is 5.75 Å². The third kappa shape index (κ3) is 3.34. The van der Waals surface area contributed by atoms with Crippen LogP contribution in [0.2, 0.25) is 0 Å². The highest BCUT2D eigenvalue weighted by atomic mass is 19.3. The Labute approximate surface area is 136 Å². The van der Waals surface area contributed by atoms with Crippen molar-refractivity contribution in [3.63, 3.8) is 0 Å². The number of benzene rings is 1. The fourth-order valence-corrected chi connectivity index (χ4v) is 2.39. The summed E-state index contributed by atoms with van der Waals surface area (Å²) < 4.78 is 30.0. The maximum Gasteiger partial charge on any atom is 0.394 e. The van der Waals surface area contributed by atoms with E-state index in [9.17, 15) is 18.4 Å². The van der Waals surface area contributed by atoms with Crippen LogP contribution in [0.1, 0.15) is 33.3 Å². The number of nitrogens with zero attached hydrogens (tertiary/aromatic N) is 2. The van der Waals surface area contributed by atoms with Crippen LogP contribution >= 0.6 is 0 Å². The van der Waals surface area contributed by atoms with Crippen LogP contribution in [0.4, 0.5) is 8.78 Å². The Morgan fingerprint density at radius 2 is 1.88 bits per heavy atom. The van der Waals surface area contributed by atoms with Crippen molar-refractivity contribution in [1.82, 2.24) is 9.97 Å². The summed E-state index contributed by atoms with van der Waals surface area (Å²) in [5, 5.41) is 0. The molecule has 2 aromatic rings. The second-order valence-corrected chi connectivity index (χ2v) is 5.38. The lowest BCUT2D eigenvalue weighted by molar-refractivity contribution is -0.158. The number of Topliss-reactive ketones (excluding diaryl/α,β-unsaturated/α-hetero) is 1. The number of hydrogen-bond donors (Lipinski definition) is 0. The molecule has 0 aliphatic heterocycles. The van der Waals surface area contributed by atoms with Crippen molar-refractivity contribution in [1.29, 1.82) is 0 Å². The number of aromatic nitrogens is 2. The van der Waals surface area contributed by atoms with Gasteiger partial charge in [-0.05, 0) is 23.8 Å². The molecule has 0 fully saturated rings. The summed E-state index contributed by atoms with van der Waals surface area (Å²) in [7, 11) is 0. The molecular weight excluding hydrogens is 318 g/mol. The van der Waals surface area contributed by atoms with Crippen LogP contribution in [0.15, 0.2) is 48.4 Å². The van der Waals surface area contributed by atoms with Crippen LogP contribution in [-0.4, -0.2) is 27.6 Å². The Morgan fingerprint density at radius 1 is 1.17 bits per heavy atom. The summed E-state index contributed by atoms with van der Waals surface area (Å²) in [4.78, 5) is 32.0. The van der Waals surface area contributed by atoms with Crippen LogP contribution in [-0.2, 0) is 6.42 Å². The summed E-state index contributed by atoms with van der Waals surface area (Å²) in [6.07, 6.45) is 0.713. The average Bonchev–Trinajstić information content (AvgIpc) is 2.53. The molecule has 0 saturated heterocycles. The molecule has 0 spiro atoms. The summed E-state index contributed by atoms with van der Waals surface area (Å²) in [5.74, 6) is -0.650. The molecule has 24 heavy (non-hydrogen) atoms. The number of hydrogen-bond acceptors (Lipinski definition) is 5. The van der Waals surface area contributed by atoms with E-state index in [0.29, 0.717) is 18.1 Å². The minimum atomic E-state index is -3.26. The van der Waals surface area contributed by atoms with Gasteiger partial charge in [-0.1, -0.05) is 12.1 Å². The number of halogens is 2. The van der Waals surface area contributed by atoms with Gasteiger partial charge in [-0.3, -0.25) is 9.59 Å². The van der Waals surface area contributed by atoms with Gasteiger partial charge in [-0.2, -0.15) is 8.78 Å². The highest BCUT2D eigenvalue weighted by Crippen LogP contribution is 2.24. The molecule has 0 radical (unpaired) electrons. The fraction of sp³-hybridized carbons (Fsp3) is 0.176. The molecule has 1 aliphatic rings. The van der Waals surface area contributed by atoms with E-state index < -0.39 is 6.11 Å². The van der Waals surface area contributed by atoms with Gasteiger partial charge in [-0.25, -0.2) is 9.97 Å². The highest BCUT2D eigenvalue weighted by molar-refractivity contribution is 6.23. The first-order chi connectivity index (χ1) is 11.3. The Kier molecular flexibility index (Phi) is 3.92. The van der Waals surface area contributed by atoms with Crippen molar-refractivity contribution in [2.45, 2.75) is 19.5 Å². The maximum atomic E-state index is 12.8. The Bertz CT molecular complexity index is 840. The van der Waals surface area contributed by atoms with E-state index in [0.717, 1.165) is 0 Å². The number of alkyl halides is 2. The molecule has 5 nitrogen and oxygen atoms in total. The van der Waals surface area contributed by atoms with E-state index in [1.165, 1.54) is 30.7 Å². The number of fused-ring (bicyclic) bond motifs is 1. The first kappa shape index (κ1) is 15.9. The van der Waals surface area contributed by atoms with Crippen LogP contribution in [0.5, 0.6) is 5.75 Å². The summed E-state index contributed by atoms with van der Waals surface area (Å²) in [5.41, 5.74) is 1.25. The fourth-order valence-electron chi connectivity index (χ4n) is 2.39. The number of ether oxygens (including phenoxy) is 1. The maximum absolute atomic E-state index is 12.8. The molecule has 1 heterocycles. The third-order valence-corrected chi connectivity index (χ3v) is 3.40. The molecule has 0 N–H and O–H groups in total. The molecule has 1 aromatic heterocycles. The van der Waals surface area contributed by atoms with Gasteiger partial charge in [-0.15, -0.1) is 0 Å². The van der Waals surface area contributed by atoms with E-state index in [2.05, 4.69) is 14.7 Å². The zero-order valence-electron chi connectivity index (χ0n) is 12.6. The molecule has 122 valence electrons. The van der Waals surface area contributed by atoms with Gasteiger partial charge < -0.3 is 4.74 Å². The topological polar surface area (TPSA) is 69.2 Å². The number of carbonyl (C=O) groups excluding carboxylic acids is 2. The van der Waals surface area contributed by atoms with Gasteiger partial charge in [0.15, 0.2) is 5.78 Å². The van der Waals surface area contributed by atoms with E-state index in [-0.39, 0.29) is 35.0 Å². The number of rotatable bonds is 4. The minimum Gasteiger partial charge on any atom is -0.433 e. The molecule has 0 amide bonds. The van der Waals surface area contributed by atoms with Gasteiger partial charge >= 0.3 is 6.11 Å². The van der Waals surface area contributed by atoms with Gasteiger partial charge in [0, 0.05) is 25.1 Å². The predicted octanol–water partition coefficient (Wildman–Crippen LogP) is 3.02. The lowest BCUT2D eigenvalue weighted by Gasteiger charge is -2.15. The second kappa shape index (κ2) is 5.92. The largest absolute Gasteiger partial charge is 0.433 e. The molecule has 7 heteroatoms. The Morgan fingerprint density at radius 3 is 2.54 bits per heavy atom. The first-order valence-corrected chi connectivity index (χ1v) is 7.09. The average molecular weight is 330 g/mol. The Hall–Kier alpha value is -2.96. The normalized spacial score (nSPS) is 14.2. The standard InChI is InChI=1S/C17H12F2N2O3/c1-17(18,19)24-12-4-2-10(3-5-12)6-11-7-14(22)15-13(16(11)23)8-20-9-21-15/h2-5,7-9H,6H2,1H3. The number of carbonyl (C=O) groups is 2.